The largest absolute Gasteiger partial charge is 0.481 e. The Bertz CT molecular complexity index is 218. The molecule has 18 heavy (non-hydrogen) atoms. The van der Waals surface area contributed by atoms with Crippen LogP contribution in [0.1, 0.15) is 45.4 Å². The van der Waals surface area contributed by atoms with Gasteiger partial charge < -0.3 is 14.9 Å². The Balaban J connectivity index is 0. The molecular weight excluding hydrogens is 230 g/mol. The number of hydrogen-bond donors (Lipinski definition) is 2. The number of carboxylic acids is 1. The molecule has 0 spiro atoms. The molecule has 0 unspecified atom stereocenters. The first kappa shape index (κ1) is 19.1. The maximum Gasteiger partial charge on any atom is 0.303 e. The third-order valence-corrected chi connectivity index (χ3v) is 2.34. The van der Waals surface area contributed by atoms with Crippen molar-refractivity contribution < 1.29 is 9.90 Å². The minimum atomic E-state index is -0.670. The molecule has 2 N–H and O–H groups in total. The highest BCUT2D eigenvalue weighted by Crippen LogP contribution is 2.04. The van der Waals surface area contributed by atoms with Crippen LogP contribution in [0.5, 0.6) is 0 Å². The van der Waals surface area contributed by atoms with E-state index >= 15 is 0 Å². The Kier molecular flexibility index (Phi) is 12.9. The first-order valence-corrected chi connectivity index (χ1v) is 6.47. The molecule has 5 nitrogen and oxygen atoms in total. The fourth-order valence-electron chi connectivity index (χ4n) is 1.28. The summed E-state index contributed by atoms with van der Waals surface area (Å²) < 4.78 is 0. The second-order valence-corrected chi connectivity index (χ2v) is 4.67. The van der Waals surface area contributed by atoms with Crippen molar-refractivity contribution >= 4 is 11.9 Å². The van der Waals surface area contributed by atoms with Gasteiger partial charge in [0.05, 0.1) is 0 Å². The van der Waals surface area contributed by atoms with Crippen LogP contribution in [-0.4, -0.2) is 55.0 Å². The lowest BCUT2D eigenvalue weighted by molar-refractivity contribution is -0.137. The lowest BCUT2D eigenvalue weighted by atomic mass is 10.1. The van der Waals surface area contributed by atoms with Crippen molar-refractivity contribution in [3.8, 4) is 0 Å². The summed E-state index contributed by atoms with van der Waals surface area (Å²) in [6.45, 7) is 2.15. The molecule has 0 aliphatic heterocycles. The first-order valence-electron chi connectivity index (χ1n) is 6.47. The van der Waals surface area contributed by atoms with Crippen molar-refractivity contribution in [1.82, 2.24) is 9.80 Å². The number of rotatable bonds is 6. The average Bonchev–Trinajstić information content (AvgIpc) is 2.28. The summed E-state index contributed by atoms with van der Waals surface area (Å²) in [5.41, 5.74) is 0. The fraction of sp³-hybridized carbons (Fsp3) is 0.846. The van der Waals surface area contributed by atoms with Crippen LogP contribution >= 0.6 is 0 Å². The van der Waals surface area contributed by atoms with Gasteiger partial charge in [0.15, 0.2) is 5.96 Å². The molecule has 0 aliphatic rings. The molecule has 0 aliphatic carbocycles. The zero-order chi connectivity index (χ0) is 14.6. The quantitative estimate of drug-likeness (QED) is 0.437. The number of guanidine groups is 1. The Morgan fingerprint density at radius 2 is 1.44 bits per heavy atom. The summed E-state index contributed by atoms with van der Waals surface area (Å²) in [6.07, 6.45) is 5.88. The van der Waals surface area contributed by atoms with Gasteiger partial charge in [-0.1, -0.05) is 32.6 Å². The van der Waals surface area contributed by atoms with Crippen LogP contribution in [-0.2, 0) is 4.79 Å². The smallest absolute Gasteiger partial charge is 0.303 e. The highest BCUT2D eigenvalue weighted by Gasteiger charge is 1.97. The second kappa shape index (κ2) is 12.2. The normalized spacial score (nSPS) is 9.17. The van der Waals surface area contributed by atoms with Gasteiger partial charge >= 0.3 is 5.97 Å². The van der Waals surface area contributed by atoms with Gasteiger partial charge in [0.25, 0.3) is 0 Å². The van der Waals surface area contributed by atoms with E-state index in [1.807, 2.05) is 28.2 Å². The summed E-state index contributed by atoms with van der Waals surface area (Å²) >= 11 is 0. The second-order valence-electron chi connectivity index (χ2n) is 4.67. The standard InChI is InChI=1S/C8H16O2.C5H13N3/c1-2-3-4-5-6-7-8(9)10;1-7(2)5(6)8(3)4/h2-7H2,1H3,(H,9,10);6H,1-4H3. The van der Waals surface area contributed by atoms with Gasteiger partial charge in [-0.3, -0.25) is 10.2 Å². The van der Waals surface area contributed by atoms with Crippen LogP contribution < -0.4 is 0 Å². The average molecular weight is 259 g/mol. The summed E-state index contributed by atoms with van der Waals surface area (Å²) in [5, 5.41) is 15.5. The number of unbranched alkanes of at least 4 members (excludes halogenated alkanes) is 4. The zero-order valence-electron chi connectivity index (χ0n) is 12.5. The number of aliphatic carboxylic acids is 1. The van der Waals surface area contributed by atoms with Crippen molar-refractivity contribution in [2.45, 2.75) is 45.4 Å². The summed E-state index contributed by atoms with van der Waals surface area (Å²) in [6, 6.07) is 0. The summed E-state index contributed by atoms with van der Waals surface area (Å²) in [7, 11) is 7.40. The Morgan fingerprint density at radius 1 is 1.00 bits per heavy atom. The summed E-state index contributed by atoms with van der Waals surface area (Å²) in [5.74, 6) is -0.151. The maximum absolute atomic E-state index is 10.0. The molecule has 108 valence electrons. The topological polar surface area (TPSA) is 67.6 Å². The van der Waals surface area contributed by atoms with Crippen LogP contribution in [0.15, 0.2) is 0 Å². The van der Waals surface area contributed by atoms with Crippen molar-refractivity contribution in [2.24, 2.45) is 0 Å². The minimum absolute atomic E-state index is 0.337. The predicted octanol–water partition coefficient (Wildman–Crippen LogP) is 2.48. The van der Waals surface area contributed by atoms with E-state index in [-0.39, 0.29) is 0 Å². The molecule has 0 saturated carbocycles. The van der Waals surface area contributed by atoms with Gasteiger partial charge in [0, 0.05) is 34.6 Å². The molecule has 5 heteroatoms. The van der Waals surface area contributed by atoms with Crippen molar-refractivity contribution in [3.63, 3.8) is 0 Å². The SMILES string of the molecule is CCCCCCCC(=O)O.CN(C)C(=N)N(C)C. The lowest BCUT2D eigenvalue weighted by Gasteiger charge is -2.19. The van der Waals surface area contributed by atoms with Crippen LogP contribution in [0, 0.1) is 5.41 Å². The van der Waals surface area contributed by atoms with E-state index in [4.69, 9.17) is 10.5 Å². The molecular formula is C13H29N3O2. The van der Waals surface area contributed by atoms with E-state index in [9.17, 15) is 4.79 Å². The first-order chi connectivity index (χ1) is 8.32. The number of nitrogens with one attached hydrogen (secondary N) is 1. The van der Waals surface area contributed by atoms with Gasteiger partial charge in [-0.25, -0.2) is 0 Å². The molecule has 0 aromatic carbocycles. The molecule has 0 aromatic heterocycles. The van der Waals surface area contributed by atoms with Crippen molar-refractivity contribution in [3.05, 3.63) is 0 Å². The predicted molar refractivity (Wildman–Crippen MR) is 76.1 cm³/mol. The molecule has 0 radical (unpaired) electrons. The van der Waals surface area contributed by atoms with Crippen LogP contribution in [0.4, 0.5) is 0 Å². The van der Waals surface area contributed by atoms with Gasteiger partial charge in [-0.2, -0.15) is 0 Å². The van der Waals surface area contributed by atoms with E-state index in [1.165, 1.54) is 19.3 Å². The van der Waals surface area contributed by atoms with E-state index < -0.39 is 5.97 Å². The van der Waals surface area contributed by atoms with Crippen LogP contribution in [0.2, 0.25) is 0 Å². The minimum Gasteiger partial charge on any atom is -0.481 e. The van der Waals surface area contributed by atoms with E-state index in [2.05, 4.69) is 6.92 Å². The van der Waals surface area contributed by atoms with Crippen LogP contribution in [0.3, 0.4) is 0 Å². The van der Waals surface area contributed by atoms with Crippen molar-refractivity contribution in [1.29, 1.82) is 5.41 Å². The Morgan fingerprint density at radius 3 is 1.72 bits per heavy atom. The molecule has 0 rings (SSSR count). The van der Waals surface area contributed by atoms with Gasteiger partial charge in [0.2, 0.25) is 0 Å². The van der Waals surface area contributed by atoms with E-state index in [1.54, 1.807) is 9.80 Å². The Labute approximate surface area is 111 Å². The van der Waals surface area contributed by atoms with Gasteiger partial charge in [0.1, 0.15) is 0 Å². The van der Waals surface area contributed by atoms with Gasteiger partial charge in [-0.05, 0) is 6.42 Å². The third kappa shape index (κ3) is 14.7. The molecule has 0 fully saturated rings. The number of hydrogen-bond acceptors (Lipinski definition) is 2. The molecule has 0 amide bonds. The van der Waals surface area contributed by atoms with E-state index in [0.717, 1.165) is 12.8 Å². The van der Waals surface area contributed by atoms with Crippen LogP contribution in [0.25, 0.3) is 0 Å². The number of nitrogens with zero attached hydrogens (tertiary/aromatic N) is 2. The Hall–Kier alpha value is -1.26. The molecule has 0 atom stereocenters. The zero-order valence-corrected chi connectivity index (χ0v) is 12.5. The fourth-order valence-corrected chi connectivity index (χ4v) is 1.28. The lowest BCUT2D eigenvalue weighted by Crippen LogP contribution is -2.34. The van der Waals surface area contributed by atoms with E-state index in [0.29, 0.717) is 12.4 Å². The third-order valence-electron chi connectivity index (χ3n) is 2.34. The molecule has 0 heterocycles. The highest BCUT2D eigenvalue weighted by atomic mass is 16.4. The maximum atomic E-state index is 10.0. The number of carbonyl (C=O) groups is 1. The molecule has 0 bridgehead atoms. The number of carboxylic acid groups (broad SMARTS) is 1. The monoisotopic (exact) mass is 259 g/mol. The molecule has 0 aromatic rings. The van der Waals surface area contributed by atoms with Crippen molar-refractivity contribution in [2.75, 3.05) is 28.2 Å². The summed E-state index contributed by atoms with van der Waals surface area (Å²) in [4.78, 5) is 13.5. The van der Waals surface area contributed by atoms with Gasteiger partial charge in [-0.15, -0.1) is 0 Å². The highest BCUT2D eigenvalue weighted by molar-refractivity contribution is 5.75. The molecule has 0 saturated heterocycles.